The molecule has 1 fully saturated rings. The number of aryl methyl sites for hydroxylation is 1. The van der Waals surface area contributed by atoms with Gasteiger partial charge in [0.25, 0.3) is 5.91 Å². The van der Waals surface area contributed by atoms with Crippen molar-refractivity contribution in [3.8, 4) is 0 Å². The Morgan fingerprint density at radius 2 is 1.86 bits per heavy atom. The van der Waals surface area contributed by atoms with Crippen molar-refractivity contribution in [2.45, 2.75) is 29.6 Å². The molecule has 4 heterocycles. The number of H-pyrrole nitrogens is 1. The number of nitrogens with zero attached hydrogens (tertiary/aromatic N) is 5. The van der Waals surface area contributed by atoms with E-state index in [-0.39, 0.29) is 0 Å². The smallest absolute Gasteiger partial charge is 0.356 e. The summed E-state index contributed by atoms with van der Waals surface area (Å²) in [5, 5.41) is 13.3. The molecular formula is C24H21F3N8OS. The highest BCUT2D eigenvalue weighted by Gasteiger charge is 2.35. The summed E-state index contributed by atoms with van der Waals surface area (Å²) in [5.74, 6) is 1.18. The van der Waals surface area contributed by atoms with Crippen LogP contribution in [0.25, 0.3) is 0 Å². The molecule has 1 saturated heterocycles. The fourth-order valence-electron chi connectivity index (χ4n) is 3.57. The number of aromatic nitrogens is 5. The molecule has 190 valence electrons. The molecule has 9 nitrogen and oxygen atoms in total. The summed E-state index contributed by atoms with van der Waals surface area (Å²) in [4.78, 5) is 28.2. The molecule has 3 N–H and O–H groups in total. The number of alkyl halides is 3. The molecule has 1 aromatic carbocycles. The molecule has 0 saturated carbocycles. The molecule has 1 aliphatic heterocycles. The third-order valence-corrected chi connectivity index (χ3v) is 6.40. The first-order valence-electron chi connectivity index (χ1n) is 11.3. The summed E-state index contributed by atoms with van der Waals surface area (Å²) in [6.07, 6.45) is -1.80. The number of carbonyl (C=O) groups excluding carboxylic acids is 1. The lowest BCUT2D eigenvalue weighted by atomic mass is 10.1. The van der Waals surface area contributed by atoms with Gasteiger partial charge in [0.05, 0.1) is 11.1 Å². The molecule has 0 aliphatic carbocycles. The minimum atomic E-state index is -4.68. The number of rotatable bonds is 7. The van der Waals surface area contributed by atoms with Crippen molar-refractivity contribution in [1.29, 1.82) is 0 Å². The largest absolute Gasteiger partial charge is 0.418 e. The first-order valence-corrected chi connectivity index (χ1v) is 12.1. The second-order valence-electron chi connectivity index (χ2n) is 8.30. The van der Waals surface area contributed by atoms with E-state index in [1.165, 1.54) is 11.8 Å². The number of aromatic amines is 1. The van der Waals surface area contributed by atoms with E-state index in [0.717, 1.165) is 48.2 Å². The number of anilines is 4. The van der Waals surface area contributed by atoms with Crippen molar-refractivity contribution in [2.24, 2.45) is 0 Å². The lowest BCUT2D eigenvalue weighted by Crippen LogP contribution is -2.37. The van der Waals surface area contributed by atoms with Crippen LogP contribution in [0.2, 0.25) is 0 Å². The summed E-state index contributed by atoms with van der Waals surface area (Å²) in [5.41, 5.74) is -0.316. The van der Waals surface area contributed by atoms with Crippen LogP contribution >= 0.6 is 11.8 Å². The van der Waals surface area contributed by atoms with Crippen LogP contribution in [0.1, 0.15) is 28.0 Å². The topological polar surface area (TPSA) is 112 Å². The normalized spacial score (nSPS) is 13.2. The molecule has 0 bridgehead atoms. The fraction of sp³-hybridized carbons (Fsp3) is 0.208. The standard InChI is InChI=1S/C24H21F3N8OS/c1-14-11-20(34-33-14)30-19-12-21(35-9-2-10-35)32-23(31-19)37-16-5-3-15(4-6-16)29-22(36)17-7-8-28-13-18(17)24(25,26)27/h3-8,11-13H,2,9-10H2,1H3,(H,29,36)(H2,30,31,32,33,34). The number of hydrogen-bond donors (Lipinski definition) is 3. The molecule has 37 heavy (non-hydrogen) atoms. The van der Waals surface area contributed by atoms with Gasteiger partial charge in [0, 0.05) is 53.9 Å². The average Bonchev–Trinajstić information content (AvgIpc) is 3.23. The maximum absolute atomic E-state index is 13.2. The second kappa shape index (κ2) is 10.1. The lowest BCUT2D eigenvalue weighted by molar-refractivity contribution is -0.138. The van der Waals surface area contributed by atoms with E-state index in [1.54, 1.807) is 24.3 Å². The van der Waals surface area contributed by atoms with Gasteiger partial charge in [-0.15, -0.1) is 0 Å². The Hall–Kier alpha value is -4.13. The van der Waals surface area contributed by atoms with E-state index in [2.05, 4.69) is 40.7 Å². The Balaban J connectivity index is 1.31. The van der Waals surface area contributed by atoms with E-state index in [9.17, 15) is 18.0 Å². The highest BCUT2D eigenvalue weighted by atomic mass is 32.2. The monoisotopic (exact) mass is 526 g/mol. The maximum Gasteiger partial charge on any atom is 0.418 e. The van der Waals surface area contributed by atoms with E-state index >= 15 is 0 Å². The van der Waals surface area contributed by atoms with E-state index < -0.39 is 23.2 Å². The zero-order valence-corrected chi connectivity index (χ0v) is 20.3. The van der Waals surface area contributed by atoms with Crippen molar-refractivity contribution in [3.05, 3.63) is 71.7 Å². The van der Waals surface area contributed by atoms with Gasteiger partial charge >= 0.3 is 6.18 Å². The summed E-state index contributed by atoms with van der Waals surface area (Å²) >= 11 is 1.33. The number of benzene rings is 1. The number of amides is 1. The van der Waals surface area contributed by atoms with Gasteiger partial charge in [-0.1, -0.05) is 0 Å². The zero-order valence-electron chi connectivity index (χ0n) is 19.5. The van der Waals surface area contributed by atoms with Crippen LogP contribution in [0.5, 0.6) is 0 Å². The minimum absolute atomic E-state index is 0.353. The summed E-state index contributed by atoms with van der Waals surface area (Å²) in [7, 11) is 0. The summed E-state index contributed by atoms with van der Waals surface area (Å²) in [6, 6.07) is 11.5. The molecule has 5 rings (SSSR count). The predicted molar refractivity (Wildman–Crippen MR) is 133 cm³/mol. The van der Waals surface area contributed by atoms with Gasteiger partial charge < -0.3 is 15.5 Å². The predicted octanol–water partition coefficient (Wildman–Crippen LogP) is 5.28. The third kappa shape index (κ3) is 5.82. The SMILES string of the molecule is Cc1cc(Nc2cc(N3CCC3)nc(Sc3ccc(NC(=O)c4ccncc4C(F)(F)F)cc3)n2)n[nH]1. The van der Waals surface area contributed by atoms with Crippen molar-refractivity contribution in [2.75, 3.05) is 28.6 Å². The van der Waals surface area contributed by atoms with Crippen LogP contribution < -0.4 is 15.5 Å². The first-order chi connectivity index (χ1) is 17.7. The minimum Gasteiger partial charge on any atom is -0.356 e. The van der Waals surface area contributed by atoms with E-state index in [1.807, 2.05) is 19.1 Å². The molecule has 1 amide bonds. The molecular weight excluding hydrogens is 505 g/mol. The van der Waals surface area contributed by atoms with Crippen molar-refractivity contribution >= 4 is 40.8 Å². The number of hydrogen-bond acceptors (Lipinski definition) is 8. The Labute approximate surface area is 213 Å². The molecule has 0 spiro atoms. The fourth-order valence-corrected chi connectivity index (χ4v) is 4.34. The van der Waals surface area contributed by atoms with Crippen molar-refractivity contribution < 1.29 is 18.0 Å². The molecule has 0 radical (unpaired) electrons. The van der Waals surface area contributed by atoms with Gasteiger partial charge in [-0.2, -0.15) is 18.3 Å². The van der Waals surface area contributed by atoms with Crippen LogP contribution in [0, 0.1) is 6.92 Å². The summed E-state index contributed by atoms with van der Waals surface area (Å²) < 4.78 is 39.6. The third-order valence-electron chi connectivity index (χ3n) is 5.53. The van der Waals surface area contributed by atoms with E-state index in [0.29, 0.717) is 28.7 Å². The van der Waals surface area contributed by atoms with Gasteiger partial charge in [0.1, 0.15) is 11.6 Å². The van der Waals surface area contributed by atoms with Crippen LogP contribution in [0.3, 0.4) is 0 Å². The van der Waals surface area contributed by atoms with Gasteiger partial charge in [-0.05, 0) is 55.4 Å². The van der Waals surface area contributed by atoms with Crippen molar-refractivity contribution in [1.82, 2.24) is 25.1 Å². The van der Waals surface area contributed by atoms with Gasteiger partial charge in [-0.25, -0.2) is 9.97 Å². The van der Waals surface area contributed by atoms with Crippen LogP contribution in [-0.2, 0) is 6.18 Å². The van der Waals surface area contributed by atoms with E-state index in [4.69, 9.17) is 0 Å². The van der Waals surface area contributed by atoms with Gasteiger partial charge in [0.15, 0.2) is 11.0 Å². The number of halogens is 3. The first kappa shape index (κ1) is 24.6. The second-order valence-corrected chi connectivity index (χ2v) is 9.34. The lowest BCUT2D eigenvalue weighted by Gasteiger charge is -2.32. The molecule has 1 aliphatic rings. The molecule has 0 atom stereocenters. The Bertz CT molecular complexity index is 1420. The Kier molecular flexibility index (Phi) is 6.70. The number of pyridine rings is 1. The molecule has 4 aromatic rings. The summed E-state index contributed by atoms with van der Waals surface area (Å²) in [6.45, 7) is 3.75. The Morgan fingerprint density at radius 1 is 1.08 bits per heavy atom. The van der Waals surface area contributed by atoms with Crippen LogP contribution in [0.4, 0.5) is 36.3 Å². The molecule has 0 unspecified atom stereocenters. The quantitative estimate of drug-likeness (QED) is 0.279. The van der Waals surface area contributed by atoms with Crippen LogP contribution in [0.15, 0.2) is 64.9 Å². The van der Waals surface area contributed by atoms with Crippen molar-refractivity contribution in [3.63, 3.8) is 0 Å². The van der Waals surface area contributed by atoms with Gasteiger partial charge in [0.2, 0.25) is 0 Å². The number of nitrogens with one attached hydrogen (secondary N) is 3. The van der Waals surface area contributed by atoms with Crippen LogP contribution in [-0.4, -0.2) is 44.1 Å². The number of carbonyl (C=O) groups is 1. The molecule has 3 aromatic heterocycles. The average molecular weight is 527 g/mol. The molecule has 13 heteroatoms. The maximum atomic E-state index is 13.2. The van der Waals surface area contributed by atoms with Gasteiger partial charge in [-0.3, -0.25) is 14.9 Å². The zero-order chi connectivity index (χ0) is 26.0. The highest BCUT2D eigenvalue weighted by molar-refractivity contribution is 7.99. The highest BCUT2D eigenvalue weighted by Crippen LogP contribution is 2.33. The Morgan fingerprint density at radius 3 is 2.51 bits per heavy atom.